The van der Waals surface area contributed by atoms with Gasteiger partial charge in [0.15, 0.2) is 11.5 Å². The van der Waals surface area contributed by atoms with Crippen LogP contribution in [0.2, 0.25) is 0 Å². The van der Waals surface area contributed by atoms with Crippen molar-refractivity contribution >= 4 is 11.9 Å². The molecule has 2 aliphatic heterocycles. The maximum atomic E-state index is 10.6. The van der Waals surface area contributed by atoms with E-state index in [2.05, 4.69) is 22.1 Å². The number of alkyl halides is 6. The number of carboxylic acids is 2. The number of aliphatic carboxylic acids is 2. The van der Waals surface area contributed by atoms with Crippen LogP contribution in [0.3, 0.4) is 0 Å². The molecule has 1 aromatic heterocycles. The van der Waals surface area contributed by atoms with E-state index >= 15 is 0 Å². The molecule has 1 atom stereocenters. The maximum absolute atomic E-state index is 10.6. The SMILES string of the molecule is CCOCC1c2c(cnn2C)CCN1Cc1ccc2c(c1)OCO2.O=C(O)C(F)(F)F.O=C(O)C(F)(F)F. The number of halogens is 6. The highest BCUT2D eigenvalue weighted by Crippen LogP contribution is 2.35. The highest BCUT2D eigenvalue weighted by atomic mass is 19.4. The van der Waals surface area contributed by atoms with Gasteiger partial charge >= 0.3 is 24.3 Å². The number of carbonyl (C=O) groups is 2. The molecule has 2 aromatic rings. The van der Waals surface area contributed by atoms with Crippen molar-refractivity contribution in [3.63, 3.8) is 0 Å². The van der Waals surface area contributed by atoms with Gasteiger partial charge in [0.2, 0.25) is 6.79 Å². The van der Waals surface area contributed by atoms with Crippen molar-refractivity contribution in [2.24, 2.45) is 7.05 Å². The average Bonchev–Trinajstić information content (AvgIpc) is 3.44. The van der Waals surface area contributed by atoms with Crippen molar-refractivity contribution in [3.8, 4) is 11.5 Å². The number of carboxylic acid groups (broad SMARTS) is 2. The van der Waals surface area contributed by atoms with E-state index in [-0.39, 0.29) is 6.04 Å². The first-order chi connectivity index (χ1) is 17.6. The van der Waals surface area contributed by atoms with Crippen molar-refractivity contribution in [1.82, 2.24) is 14.7 Å². The number of ether oxygens (including phenoxy) is 3. The number of rotatable bonds is 5. The van der Waals surface area contributed by atoms with Crippen molar-refractivity contribution in [3.05, 3.63) is 41.2 Å². The van der Waals surface area contributed by atoms with Crippen molar-refractivity contribution < 1.29 is 60.4 Å². The largest absolute Gasteiger partial charge is 0.490 e. The van der Waals surface area contributed by atoms with Gasteiger partial charge in [-0.25, -0.2) is 9.59 Å². The van der Waals surface area contributed by atoms with Crippen LogP contribution in [0, 0.1) is 0 Å². The number of hydrogen-bond acceptors (Lipinski definition) is 7. The summed E-state index contributed by atoms with van der Waals surface area (Å²) in [6.07, 6.45) is -7.15. The molecule has 10 nitrogen and oxygen atoms in total. The molecular weight excluding hydrogens is 532 g/mol. The predicted octanol–water partition coefficient (Wildman–Crippen LogP) is 3.55. The summed E-state index contributed by atoms with van der Waals surface area (Å²) in [6.45, 7) is 5.63. The minimum atomic E-state index is -5.08. The van der Waals surface area contributed by atoms with E-state index in [1.54, 1.807) is 0 Å². The first-order valence-electron chi connectivity index (χ1n) is 11.0. The second-order valence-electron chi connectivity index (χ2n) is 7.87. The fourth-order valence-electron chi connectivity index (χ4n) is 3.58. The monoisotopic (exact) mass is 557 g/mol. The molecule has 3 heterocycles. The summed E-state index contributed by atoms with van der Waals surface area (Å²) in [6, 6.07) is 6.42. The molecule has 0 amide bonds. The van der Waals surface area contributed by atoms with Crippen LogP contribution in [0.25, 0.3) is 0 Å². The van der Waals surface area contributed by atoms with Crippen LogP contribution >= 0.6 is 0 Å². The number of aryl methyl sites for hydroxylation is 1. The van der Waals surface area contributed by atoms with Gasteiger partial charge in [-0.15, -0.1) is 0 Å². The zero-order chi connectivity index (χ0) is 28.7. The lowest BCUT2D eigenvalue weighted by Gasteiger charge is -2.36. The highest BCUT2D eigenvalue weighted by Gasteiger charge is 2.39. The van der Waals surface area contributed by atoms with E-state index in [0.29, 0.717) is 13.4 Å². The Balaban J connectivity index is 0.000000301. The van der Waals surface area contributed by atoms with E-state index < -0.39 is 24.3 Å². The smallest absolute Gasteiger partial charge is 0.475 e. The summed E-state index contributed by atoms with van der Waals surface area (Å²) < 4.78 is 82.1. The Morgan fingerprint density at radius 2 is 1.66 bits per heavy atom. The molecule has 1 aromatic carbocycles. The lowest BCUT2D eigenvalue weighted by atomic mass is 9.99. The Morgan fingerprint density at radius 3 is 2.21 bits per heavy atom. The van der Waals surface area contributed by atoms with Crippen molar-refractivity contribution in [1.29, 1.82) is 0 Å². The topological polar surface area (TPSA) is 123 Å². The zero-order valence-electron chi connectivity index (χ0n) is 20.2. The lowest BCUT2D eigenvalue weighted by Crippen LogP contribution is -2.38. The summed E-state index contributed by atoms with van der Waals surface area (Å²) in [4.78, 5) is 20.3. The van der Waals surface area contributed by atoms with Gasteiger partial charge in [0.1, 0.15) is 0 Å². The molecule has 1 unspecified atom stereocenters. The highest BCUT2D eigenvalue weighted by molar-refractivity contribution is 5.73. The molecule has 0 saturated heterocycles. The fourth-order valence-corrected chi connectivity index (χ4v) is 3.58. The van der Waals surface area contributed by atoms with Gasteiger partial charge in [0, 0.05) is 26.7 Å². The van der Waals surface area contributed by atoms with Crippen LogP contribution in [0.5, 0.6) is 11.5 Å². The van der Waals surface area contributed by atoms with E-state index in [4.69, 9.17) is 34.0 Å². The van der Waals surface area contributed by atoms with Crippen LogP contribution in [0.15, 0.2) is 24.4 Å². The Hall–Kier alpha value is -3.53. The second kappa shape index (κ2) is 12.8. The number of fused-ring (bicyclic) bond motifs is 2. The molecular formula is C22H25F6N3O7. The van der Waals surface area contributed by atoms with E-state index in [9.17, 15) is 26.3 Å². The first-order valence-corrected chi connectivity index (χ1v) is 11.0. The third kappa shape index (κ3) is 8.51. The predicted molar refractivity (Wildman–Crippen MR) is 117 cm³/mol. The third-order valence-electron chi connectivity index (χ3n) is 5.28. The third-order valence-corrected chi connectivity index (χ3v) is 5.28. The lowest BCUT2D eigenvalue weighted by molar-refractivity contribution is -0.193. The number of hydrogen-bond donors (Lipinski definition) is 2. The van der Waals surface area contributed by atoms with Gasteiger partial charge in [-0.2, -0.15) is 31.4 Å². The number of aromatic nitrogens is 2. The molecule has 0 bridgehead atoms. The Morgan fingerprint density at radius 1 is 1.08 bits per heavy atom. The molecule has 2 aliphatic rings. The van der Waals surface area contributed by atoms with Crippen LogP contribution < -0.4 is 9.47 Å². The van der Waals surface area contributed by atoms with Crippen LogP contribution in [0.4, 0.5) is 26.3 Å². The Bertz CT molecular complexity index is 1080. The second-order valence-corrected chi connectivity index (χ2v) is 7.87. The van der Waals surface area contributed by atoms with Crippen molar-refractivity contribution in [2.75, 3.05) is 26.6 Å². The van der Waals surface area contributed by atoms with Crippen molar-refractivity contribution in [2.45, 2.75) is 38.3 Å². The van der Waals surface area contributed by atoms with Gasteiger partial charge in [0.25, 0.3) is 0 Å². The summed E-state index contributed by atoms with van der Waals surface area (Å²) in [5.41, 5.74) is 3.84. The quantitative estimate of drug-likeness (QED) is 0.532. The molecule has 0 radical (unpaired) electrons. The molecule has 4 rings (SSSR count). The Labute approximate surface area is 212 Å². The fraction of sp³-hybridized carbons (Fsp3) is 0.500. The Kier molecular flexibility index (Phi) is 10.4. The number of nitrogens with zero attached hydrogens (tertiary/aromatic N) is 3. The van der Waals surface area contributed by atoms with E-state index in [1.165, 1.54) is 16.8 Å². The molecule has 16 heteroatoms. The molecule has 0 saturated carbocycles. The summed E-state index contributed by atoms with van der Waals surface area (Å²) in [5.74, 6) is -3.84. The molecule has 38 heavy (non-hydrogen) atoms. The average molecular weight is 557 g/mol. The van der Waals surface area contributed by atoms with Gasteiger partial charge in [-0.1, -0.05) is 6.07 Å². The van der Waals surface area contributed by atoms with Gasteiger partial charge in [-0.3, -0.25) is 9.58 Å². The van der Waals surface area contributed by atoms with Crippen LogP contribution in [-0.2, 0) is 34.3 Å². The normalized spacial score (nSPS) is 16.5. The summed E-state index contributed by atoms with van der Waals surface area (Å²) >= 11 is 0. The standard InChI is InChI=1S/C18H23N3O3.2C2HF3O2/c1-3-22-11-15-18-14(9-19-20(18)2)6-7-21(15)10-13-4-5-16-17(8-13)24-12-23-16;2*3-2(4,5)1(6)7/h4-5,8-9,15H,3,6-7,10-12H2,1-2H3;2*(H,6,7). The van der Waals surface area contributed by atoms with Crippen LogP contribution in [0.1, 0.15) is 29.8 Å². The van der Waals surface area contributed by atoms with Crippen LogP contribution in [-0.4, -0.2) is 75.7 Å². The minimum Gasteiger partial charge on any atom is -0.475 e. The van der Waals surface area contributed by atoms with Gasteiger partial charge in [-0.05, 0) is 36.6 Å². The molecule has 0 aliphatic carbocycles. The summed E-state index contributed by atoms with van der Waals surface area (Å²) in [5, 5.41) is 18.7. The van der Waals surface area contributed by atoms with Gasteiger partial charge < -0.3 is 24.4 Å². The first kappa shape index (κ1) is 30.7. The molecule has 2 N–H and O–H groups in total. The zero-order valence-corrected chi connectivity index (χ0v) is 20.2. The molecule has 0 spiro atoms. The molecule has 0 fully saturated rings. The number of benzene rings is 1. The maximum Gasteiger partial charge on any atom is 0.490 e. The summed E-state index contributed by atoms with van der Waals surface area (Å²) in [7, 11) is 2.02. The molecule has 212 valence electrons. The minimum absolute atomic E-state index is 0.228. The van der Waals surface area contributed by atoms with Gasteiger partial charge in [0.05, 0.1) is 24.5 Å². The van der Waals surface area contributed by atoms with E-state index in [1.807, 2.05) is 30.9 Å². The van der Waals surface area contributed by atoms with E-state index in [0.717, 1.165) is 37.6 Å².